The van der Waals surface area contributed by atoms with Crippen molar-refractivity contribution in [3.63, 3.8) is 0 Å². The van der Waals surface area contributed by atoms with Crippen molar-refractivity contribution in [2.45, 2.75) is 33.4 Å². The quantitative estimate of drug-likeness (QED) is 0.127. The number of benzene rings is 7. The number of hydrogen-bond acceptors (Lipinski definition) is 5. The van der Waals surface area contributed by atoms with Gasteiger partial charge in [-0.2, -0.15) is 0 Å². The normalized spacial score (nSPS) is 12.6. The molecule has 0 spiro atoms. The topological polar surface area (TPSA) is 56.7 Å². The molecule has 0 saturated carbocycles. The second-order valence-electron chi connectivity index (χ2n) is 17.1. The average molecular weight is 1080 g/mol. The predicted octanol–water partition coefficient (Wildman–Crippen LogP) is 15.0. The van der Waals surface area contributed by atoms with Gasteiger partial charge in [0.1, 0.15) is 5.82 Å². The Balaban J connectivity index is 0.000000173. The first-order valence-electron chi connectivity index (χ1n) is 22.7. The van der Waals surface area contributed by atoms with Gasteiger partial charge in [-0.1, -0.05) is 121 Å². The van der Waals surface area contributed by atoms with E-state index in [0.29, 0.717) is 44.6 Å². The smallest absolute Gasteiger partial charge is 0.216 e. The molecule has 0 atom stereocenters. The Bertz CT molecular complexity index is 3960. The summed E-state index contributed by atoms with van der Waals surface area (Å²) in [5.74, 6) is 0.0522. The predicted molar refractivity (Wildman–Crippen MR) is 267 cm³/mol. The molecular formula is C56H40F2IrN4OSSi-2. The Labute approximate surface area is 403 Å². The van der Waals surface area contributed by atoms with Crippen LogP contribution in [0.2, 0.25) is 19.6 Å². The molecule has 0 fully saturated rings. The summed E-state index contributed by atoms with van der Waals surface area (Å²) in [6.45, 7) is 6.22. The van der Waals surface area contributed by atoms with Gasteiger partial charge in [-0.05, 0) is 78.2 Å². The molecule has 12 rings (SSSR count). The minimum atomic E-state index is -2.23. The van der Waals surface area contributed by atoms with Gasteiger partial charge in [0.05, 0.1) is 46.4 Å². The van der Waals surface area contributed by atoms with E-state index >= 15 is 0 Å². The van der Waals surface area contributed by atoms with Crippen molar-refractivity contribution in [2.24, 2.45) is 0 Å². The largest absolute Gasteiger partial charge is 0.486 e. The average Bonchev–Trinajstić information content (AvgIpc) is 4.03. The molecule has 0 N–H and O–H groups in total. The maximum atomic E-state index is 14.7. The molecule has 5 nitrogen and oxygen atoms in total. The molecule has 0 aliphatic heterocycles. The molecule has 5 aromatic heterocycles. The molecule has 0 amide bonds. The molecule has 7 aromatic carbocycles. The Morgan fingerprint density at radius 3 is 2.35 bits per heavy atom. The van der Waals surface area contributed by atoms with E-state index in [9.17, 15) is 8.78 Å². The first-order valence-corrected chi connectivity index (χ1v) is 25.5. The van der Waals surface area contributed by atoms with Gasteiger partial charge in [-0.3, -0.25) is 9.37 Å². The second-order valence-corrected chi connectivity index (χ2v) is 23.2. The molecule has 1 radical (unpaired) electrons. The summed E-state index contributed by atoms with van der Waals surface area (Å²) in [7, 11) is -1.88. The van der Waals surface area contributed by atoms with E-state index in [4.69, 9.17) is 13.5 Å². The van der Waals surface area contributed by atoms with Crippen LogP contribution in [0.3, 0.4) is 0 Å². The van der Waals surface area contributed by atoms with E-state index in [-0.39, 0.29) is 31.7 Å². The molecule has 10 heteroatoms. The molecule has 12 aromatic rings. The molecule has 0 aliphatic rings. The van der Waals surface area contributed by atoms with E-state index in [0.717, 1.165) is 49.6 Å². The Morgan fingerprint density at radius 1 is 0.727 bits per heavy atom. The molecule has 66 heavy (non-hydrogen) atoms. The number of nitrogens with zero attached hydrogens (tertiary/aromatic N) is 4. The SMILES string of the molecule is Cc1ccc(-n2c(-c3[c-]ccc4c3oc3nc5cccc(F)c5cc34)nc3ccccc32)c2sc3ccccc3c12.[2H]C([2H])([2H])c1cc(-c2[c-]cc(F)c(-c3ccccc3)c2)ncc1[Si](C)(C)C.[Ir]. The third kappa shape index (κ3) is 7.44. The first kappa shape index (κ1) is 39.7. The Kier molecular flexibility index (Phi) is 10.2. The number of halogens is 2. The van der Waals surface area contributed by atoms with Crippen molar-refractivity contribution in [3.05, 3.63) is 187 Å². The number of para-hydroxylation sites is 2. The fraction of sp³-hybridized carbons (Fsp3) is 0.0893. The van der Waals surface area contributed by atoms with Crippen LogP contribution in [0.4, 0.5) is 8.78 Å². The monoisotopic (exact) mass is 1080 g/mol. The van der Waals surface area contributed by atoms with Gasteiger partial charge in [0.2, 0.25) is 5.71 Å². The maximum absolute atomic E-state index is 14.7. The van der Waals surface area contributed by atoms with Gasteiger partial charge in [0.25, 0.3) is 0 Å². The number of rotatable bonds is 5. The van der Waals surface area contributed by atoms with E-state index in [2.05, 4.69) is 95.7 Å². The van der Waals surface area contributed by atoms with Crippen molar-refractivity contribution in [1.29, 1.82) is 0 Å². The summed E-state index contributed by atoms with van der Waals surface area (Å²) in [6, 6.07) is 51.8. The zero-order chi connectivity index (χ0) is 47.1. The van der Waals surface area contributed by atoms with Crippen LogP contribution in [0.15, 0.2) is 156 Å². The number of aromatic nitrogens is 4. The number of fused-ring (bicyclic) bond motifs is 8. The van der Waals surface area contributed by atoms with Crippen molar-refractivity contribution >= 4 is 88.8 Å². The van der Waals surface area contributed by atoms with Crippen LogP contribution in [-0.4, -0.2) is 27.6 Å². The van der Waals surface area contributed by atoms with Crippen LogP contribution < -0.4 is 5.19 Å². The number of thiophene rings is 1. The Hall–Kier alpha value is -6.68. The third-order valence-corrected chi connectivity index (χ3v) is 15.1. The van der Waals surface area contributed by atoms with Crippen LogP contribution in [0.1, 0.15) is 15.2 Å². The van der Waals surface area contributed by atoms with Crippen LogP contribution in [0.25, 0.3) is 104 Å². The summed E-state index contributed by atoms with van der Waals surface area (Å²) in [4.78, 5) is 14.3. The Morgan fingerprint density at radius 2 is 1.52 bits per heavy atom. The van der Waals surface area contributed by atoms with Crippen LogP contribution in [0.5, 0.6) is 0 Å². The number of pyridine rings is 2. The fourth-order valence-electron chi connectivity index (χ4n) is 8.73. The zero-order valence-corrected chi connectivity index (χ0v) is 40.3. The summed E-state index contributed by atoms with van der Waals surface area (Å²) in [5, 5.41) is 5.41. The van der Waals surface area contributed by atoms with Gasteiger partial charge < -0.3 is 14.0 Å². The van der Waals surface area contributed by atoms with Gasteiger partial charge in [-0.15, -0.1) is 53.3 Å². The molecule has 0 aliphatic carbocycles. The first-order chi connectivity index (χ1) is 32.7. The van der Waals surface area contributed by atoms with Crippen molar-refractivity contribution in [2.75, 3.05) is 0 Å². The number of hydrogen-bond donors (Lipinski definition) is 0. The summed E-state index contributed by atoms with van der Waals surface area (Å²) in [6.07, 6.45) is 1.67. The number of furan rings is 1. The van der Waals surface area contributed by atoms with Crippen LogP contribution >= 0.6 is 11.3 Å². The molecule has 0 unspecified atom stereocenters. The third-order valence-electron chi connectivity index (χ3n) is 11.9. The van der Waals surface area contributed by atoms with Gasteiger partial charge >= 0.3 is 0 Å². The summed E-state index contributed by atoms with van der Waals surface area (Å²) >= 11 is 1.80. The molecule has 5 heterocycles. The minimum Gasteiger partial charge on any atom is -0.486 e. The zero-order valence-electron chi connectivity index (χ0n) is 39.1. The van der Waals surface area contributed by atoms with Gasteiger partial charge in [-0.25, -0.2) is 9.37 Å². The molecular weight excluding hydrogens is 1040 g/mol. The fourth-order valence-corrected chi connectivity index (χ4v) is 11.3. The molecule has 325 valence electrons. The summed E-state index contributed by atoms with van der Waals surface area (Å²) in [5.41, 5.74) is 9.13. The molecule has 0 bridgehead atoms. The van der Waals surface area contributed by atoms with E-state index in [1.54, 1.807) is 41.8 Å². The second kappa shape index (κ2) is 16.9. The van der Waals surface area contributed by atoms with Crippen LogP contribution in [-0.2, 0) is 20.1 Å². The van der Waals surface area contributed by atoms with E-state index < -0.39 is 14.9 Å². The van der Waals surface area contributed by atoms with Crippen molar-refractivity contribution in [1.82, 2.24) is 19.5 Å². The number of aryl methyl sites for hydroxylation is 2. The van der Waals surface area contributed by atoms with Crippen LogP contribution in [0, 0.1) is 37.5 Å². The standard InChI is InChI=1S/C35H19FN3OS.C21H21FNSi.Ir/c1-19-16-17-29(33-31(19)21-8-2-5-15-30(21)41-33)39-28-14-4-3-12-27(28)37-34(39)22-10-6-9-20-23-18-24-25(36)11-7-13-26(24)38-35(23)40-32(20)22;1-15-12-20(23-14-21(15)24(2,3)4)17-10-11-19(22)18(13-17)16-8-6-5-7-9-16;/h2-9,11-18H,1H3;5-9,11-14H,1-4H3;/q2*-1;/i;1D3;. The van der Waals surface area contributed by atoms with Crippen molar-refractivity contribution < 1.29 is 37.4 Å². The summed E-state index contributed by atoms with van der Waals surface area (Å²) < 4.78 is 63.8. The molecule has 0 saturated heterocycles. The maximum Gasteiger partial charge on any atom is 0.216 e. The van der Waals surface area contributed by atoms with Gasteiger partial charge in [0, 0.05) is 62.5 Å². The van der Waals surface area contributed by atoms with E-state index in [1.165, 1.54) is 37.9 Å². The van der Waals surface area contributed by atoms with Crippen molar-refractivity contribution in [3.8, 4) is 39.5 Å². The minimum absolute atomic E-state index is 0. The van der Waals surface area contributed by atoms with Gasteiger partial charge in [0.15, 0.2) is 0 Å². The van der Waals surface area contributed by atoms with E-state index in [1.807, 2.05) is 66.7 Å². The number of imidazole rings is 1.